The Balaban J connectivity index is 1.33. The van der Waals surface area contributed by atoms with Crippen molar-refractivity contribution >= 4 is 74.7 Å². The first-order valence-electron chi connectivity index (χ1n) is 10.6. The van der Waals surface area contributed by atoms with Crippen molar-refractivity contribution in [3.05, 3.63) is 50.5 Å². The Kier molecular flexibility index (Phi) is 6.85. The van der Waals surface area contributed by atoms with Crippen molar-refractivity contribution in [1.29, 1.82) is 0 Å². The minimum Gasteiger partial charge on any atom is -0.477 e. The Morgan fingerprint density at radius 2 is 2.05 bits per heavy atom. The summed E-state index contributed by atoms with van der Waals surface area (Å²) >= 11 is 9.48. The molecule has 0 spiro atoms. The maximum Gasteiger partial charge on any atom is 0.353 e. The predicted octanol–water partition coefficient (Wildman–Crippen LogP) is 2.65. The van der Waals surface area contributed by atoms with Crippen molar-refractivity contribution in [3.8, 4) is 11.3 Å². The number of nitrogens with zero attached hydrogens (tertiary/aromatic N) is 5. The number of fused-ring (bicyclic) bond motifs is 1. The number of allylic oxidation sites excluding steroid dienone is 1. The van der Waals surface area contributed by atoms with E-state index in [1.807, 2.05) is 17.5 Å². The third-order valence-electron chi connectivity index (χ3n) is 5.69. The molecule has 2 aliphatic heterocycles. The maximum absolute atomic E-state index is 13.0. The minimum absolute atomic E-state index is 0.0479. The molecule has 5 rings (SSSR count). The highest BCUT2D eigenvalue weighted by Gasteiger charge is 2.54. The first-order chi connectivity index (χ1) is 17.8. The molecule has 0 saturated carbocycles. The van der Waals surface area contributed by atoms with Crippen molar-refractivity contribution in [2.24, 2.45) is 5.16 Å². The van der Waals surface area contributed by atoms with Crippen molar-refractivity contribution in [2.45, 2.75) is 29.3 Å². The van der Waals surface area contributed by atoms with Crippen LogP contribution < -0.4 is 11.1 Å². The fraction of sp³-hybridized carbons (Fsp3) is 0.190. The number of anilines is 1. The smallest absolute Gasteiger partial charge is 0.353 e. The van der Waals surface area contributed by atoms with E-state index in [0.717, 1.165) is 22.6 Å². The SMILES string of the molecule is Nc1nc(/C(=N/O)C(=O)N[C@@H]2C(=O)N3C(C(=O)O)=C(Sc4nc(-c5ccncc5)cs4)CC[C@H]23)c(Cl)s1. The number of oxime groups is 1. The normalized spacial score (nSPS) is 19.4. The van der Waals surface area contributed by atoms with Gasteiger partial charge in [0.2, 0.25) is 0 Å². The maximum atomic E-state index is 13.0. The van der Waals surface area contributed by atoms with Crippen molar-refractivity contribution < 1.29 is 24.7 Å². The number of carbonyl (C=O) groups excluding carboxylic acids is 2. The van der Waals surface area contributed by atoms with Gasteiger partial charge < -0.3 is 21.4 Å². The summed E-state index contributed by atoms with van der Waals surface area (Å²) in [5.74, 6) is -2.73. The number of rotatable bonds is 7. The van der Waals surface area contributed by atoms with Crippen LogP contribution in [0.3, 0.4) is 0 Å². The number of β-lactam (4-membered cyclic amide) rings is 1. The molecule has 0 aromatic carbocycles. The molecule has 1 saturated heterocycles. The molecule has 1 fully saturated rings. The topological polar surface area (TPSA) is 184 Å². The molecule has 0 unspecified atom stereocenters. The fourth-order valence-corrected chi connectivity index (χ4v) is 7.04. The second-order valence-electron chi connectivity index (χ2n) is 7.80. The van der Waals surface area contributed by atoms with Crippen LogP contribution in [0.25, 0.3) is 11.3 Å². The van der Waals surface area contributed by atoms with Gasteiger partial charge in [-0.25, -0.2) is 14.8 Å². The number of nitrogens with two attached hydrogens (primary N) is 1. The van der Waals surface area contributed by atoms with Gasteiger partial charge in [-0.1, -0.05) is 39.9 Å². The Bertz CT molecular complexity index is 1470. The number of amides is 2. The number of carbonyl (C=O) groups is 3. The molecule has 3 aromatic rings. The monoisotopic (exact) mass is 577 g/mol. The molecule has 16 heteroatoms. The Hall–Kier alpha value is -3.53. The predicted molar refractivity (Wildman–Crippen MR) is 138 cm³/mol. The number of thioether (sulfide) groups is 1. The lowest BCUT2D eigenvalue weighted by molar-refractivity contribution is -0.155. The number of hydrogen-bond acceptors (Lipinski definition) is 12. The summed E-state index contributed by atoms with van der Waals surface area (Å²) in [7, 11) is 0. The summed E-state index contributed by atoms with van der Waals surface area (Å²) in [5.41, 5.74) is 6.47. The molecule has 2 atom stereocenters. The van der Waals surface area contributed by atoms with Gasteiger partial charge in [0.1, 0.15) is 21.8 Å². The van der Waals surface area contributed by atoms with Crippen LogP contribution in [0.2, 0.25) is 4.34 Å². The largest absolute Gasteiger partial charge is 0.477 e. The van der Waals surface area contributed by atoms with Gasteiger partial charge >= 0.3 is 5.97 Å². The molecule has 0 bridgehead atoms. The third-order valence-corrected chi connectivity index (χ3v) is 8.86. The van der Waals surface area contributed by atoms with Crippen molar-refractivity contribution in [3.63, 3.8) is 0 Å². The molecule has 0 radical (unpaired) electrons. The average Bonchev–Trinajstić information content (AvgIpc) is 3.48. The first kappa shape index (κ1) is 25.1. The number of hydrogen-bond donors (Lipinski definition) is 4. The summed E-state index contributed by atoms with van der Waals surface area (Å²) in [5, 5.41) is 26.7. The Morgan fingerprint density at radius 1 is 1.30 bits per heavy atom. The van der Waals surface area contributed by atoms with E-state index >= 15 is 0 Å². The first-order valence-corrected chi connectivity index (χ1v) is 13.5. The summed E-state index contributed by atoms with van der Waals surface area (Å²) in [4.78, 5) is 52.0. The number of carboxylic acids is 1. The van der Waals surface area contributed by atoms with Gasteiger partial charge in [0.05, 0.1) is 11.7 Å². The van der Waals surface area contributed by atoms with E-state index in [4.69, 9.17) is 17.3 Å². The molecule has 12 nitrogen and oxygen atoms in total. The quantitative estimate of drug-likeness (QED) is 0.141. The lowest BCUT2D eigenvalue weighted by Gasteiger charge is -2.49. The van der Waals surface area contributed by atoms with Gasteiger partial charge in [0.25, 0.3) is 11.8 Å². The zero-order valence-electron chi connectivity index (χ0n) is 18.5. The molecule has 5 heterocycles. The van der Waals surface area contributed by atoms with Crippen LogP contribution in [0.1, 0.15) is 18.5 Å². The summed E-state index contributed by atoms with van der Waals surface area (Å²) in [6.45, 7) is 0. The average molecular weight is 578 g/mol. The highest BCUT2D eigenvalue weighted by atomic mass is 35.5. The van der Waals surface area contributed by atoms with Gasteiger partial charge in [0.15, 0.2) is 15.2 Å². The van der Waals surface area contributed by atoms with Crippen molar-refractivity contribution in [2.75, 3.05) is 5.73 Å². The number of carboxylic acid groups (broad SMARTS) is 1. The molecule has 3 aromatic heterocycles. The lowest BCUT2D eigenvalue weighted by atomic mass is 9.86. The Labute approximate surface area is 225 Å². The number of thiazole rings is 2. The molecule has 2 amide bonds. The zero-order valence-corrected chi connectivity index (χ0v) is 21.7. The number of halogens is 1. The number of aliphatic carboxylic acids is 1. The Morgan fingerprint density at radius 3 is 2.70 bits per heavy atom. The molecular weight excluding hydrogens is 562 g/mol. The summed E-state index contributed by atoms with van der Waals surface area (Å²) in [6.07, 6.45) is 4.10. The van der Waals surface area contributed by atoms with Crippen LogP contribution in [-0.4, -0.2) is 65.7 Å². The minimum atomic E-state index is -1.25. The van der Waals surface area contributed by atoms with E-state index in [9.17, 15) is 24.7 Å². The molecule has 0 aliphatic carbocycles. The number of aromatic nitrogens is 3. The second-order valence-corrected chi connectivity index (χ2v) is 11.6. The van der Waals surface area contributed by atoms with Gasteiger partial charge in [-0.05, 0) is 25.0 Å². The summed E-state index contributed by atoms with van der Waals surface area (Å²) in [6, 6.07) is 2.08. The van der Waals surface area contributed by atoms with E-state index in [1.165, 1.54) is 28.0 Å². The van der Waals surface area contributed by atoms with E-state index < -0.39 is 35.6 Å². The van der Waals surface area contributed by atoms with Crippen molar-refractivity contribution in [1.82, 2.24) is 25.2 Å². The highest BCUT2D eigenvalue weighted by Crippen LogP contribution is 2.44. The number of nitrogens with one attached hydrogen (secondary N) is 1. The standard InChI is InChI=1S/C21H16ClN7O5S3/c22-16-13(27-20(23)37-16)14(28-34)17(30)26-12-10-1-2-11(15(19(32)33)29(10)18(12)31)36-21-25-9(7-35-21)8-3-5-24-6-4-8/h3-7,10,12,34H,1-2H2,(H2,23,27)(H,26,30)(H,32,33)/b28-14-/t10-,12+/m1/s1. The van der Waals surface area contributed by atoms with Crippen LogP contribution in [0.5, 0.6) is 0 Å². The second kappa shape index (κ2) is 10.1. The van der Waals surface area contributed by atoms with Crippen LogP contribution >= 0.6 is 46.0 Å². The van der Waals surface area contributed by atoms with Crippen LogP contribution in [-0.2, 0) is 14.4 Å². The van der Waals surface area contributed by atoms with Gasteiger partial charge in [0, 0.05) is 28.2 Å². The zero-order chi connectivity index (χ0) is 26.3. The van der Waals surface area contributed by atoms with Crippen LogP contribution in [0, 0.1) is 0 Å². The number of pyridine rings is 1. The number of nitrogen functional groups attached to an aromatic ring is 1. The van der Waals surface area contributed by atoms with E-state index in [0.29, 0.717) is 22.1 Å². The molecule has 190 valence electrons. The lowest BCUT2D eigenvalue weighted by Crippen LogP contribution is -2.72. The molecule has 2 aliphatic rings. The van der Waals surface area contributed by atoms with Gasteiger partial charge in [-0.15, -0.1) is 11.3 Å². The van der Waals surface area contributed by atoms with Gasteiger partial charge in [-0.2, -0.15) is 0 Å². The molecular formula is C21H16ClN7O5S3. The molecule has 5 N–H and O–H groups in total. The highest BCUT2D eigenvalue weighted by molar-refractivity contribution is 8.04. The van der Waals surface area contributed by atoms with Gasteiger partial charge in [-0.3, -0.25) is 19.5 Å². The summed E-state index contributed by atoms with van der Waals surface area (Å²) < 4.78 is 0.687. The van der Waals surface area contributed by atoms with E-state index in [-0.39, 0.29) is 20.9 Å². The van der Waals surface area contributed by atoms with Crippen LogP contribution in [0.15, 0.2) is 50.0 Å². The third kappa shape index (κ3) is 4.66. The van der Waals surface area contributed by atoms with E-state index in [1.54, 1.807) is 12.4 Å². The molecule has 37 heavy (non-hydrogen) atoms. The fourth-order valence-electron chi connectivity index (χ4n) is 4.07. The van der Waals surface area contributed by atoms with Crippen LogP contribution in [0.4, 0.5) is 5.13 Å². The van der Waals surface area contributed by atoms with E-state index in [2.05, 4.69) is 25.4 Å².